The SMILES string of the molecule is O=C(O)C(c1ccccc1)N1CCN(Cc2cncc(Cl)c2)CC1. The second-order valence-corrected chi connectivity index (χ2v) is 6.41. The number of aromatic nitrogens is 1. The van der Waals surface area contributed by atoms with E-state index in [9.17, 15) is 9.90 Å². The van der Waals surface area contributed by atoms with Crippen molar-refractivity contribution in [3.8, 4) is 0 Å². The van der Waals surface area contributed by atoms with E-state index in [2.05, 4.69) is 9.88 Å². The maximum atomic E-state index is 11.7. The zero-order valence-electron chi connectivity index (χ0n) is 13.3. The first-order valence-electron chi connectivity index (χ1n) is 7.97. The zero-order valence-corrected chi connectivity index (χ0v) is 14.1. The van der Waals surface area contributed by atoms with Gasteiger partial charge in [-0.2, -0.15) is 0 Å². The van der Waals surface area contributed by atoms with Gasteiger partial charge in [-0.25, -0.2) is 0 Å². The van der Waals surface area contributed by atoms with Gasteiger partial charge in [-0.05, 0) is 17.2 Å². The van der Waals surface area contributed by atoms with E-state index in [1.165, 1.54) is 0 Å². The fourth-order valence-corrected chi connectivity index (χ4v) is 3.32. The van der Waals surface area contributed by atoms with Crippen molar-refractivity contribution in [3.05, 3.63) is 64.9 Å². The molecule has 1 aromatic carbocycles. The normalized spacial score (nSPS) is 17.5. The highest BCUT2D eigenvalue weighted by atomic mass is 35.5. The Morgan fingerprint density at radius 2 is 1.88 bits per heavy atom. The number of aliphatic carboxylic acids is 1. The van der Waals surface area contributed by atoms with Crippen LogP contribution in [-0.2, 0) is 11.3 Å². The Morgan fingerprint density at radius 3 is 2.50 bits per heavy atom. The molecular formula is C18H20ClN3O2. The zero-order chi connectivity index (χ0) is 16.9. The number of carboxylic acid groups (broad SMARTS) is 1. The maximum absolute atomic E-state index is 11.7. The van der Waals surface area contributed by atoms with Gasteiger partial charge in [0.25, 0.3) is 0 Å². The minimum absolute atomic E-state index is 0.582. The van der Waals surface area contributed by atoms with Crippen LogP contribution in [0.15, 0.2) is 48.8 Å². The largest absolute Gasteiger partial charge is 0.480 e. The first kappa shape index (κ1) is 16.9. The lowest BCUT2D eigenvalue weighted by atomic mass is 10.0. The van der Waals surface area contributed by atoms with Gasteiger partial charge in [0.15, 0.2) is 0 Å². The lowest BCUT2D eigenvalue weighted by Gasteiger charge is -2.37. The molecule has 1 aliphatic rings. The Kier molecular flexibility index (Phi) is 5.45. The van der Waals surface area contributed by atoms with Crippen LogP contribution in [-0.4, -0.2) is 52.0 Å². The highest BCUT2D eigenvalue weighted by Crippen LogP contribution is 2.23. The third-order valence-corrected chi connectivity index (χ3v) is 4.50. The van der Waals surface area contributed by atoms with Crippen molar-refractivity contribution in [1.82, 2.24) is 14.8 Å². The summed E-state index contributed by atoms with van der Waals surface area (Å²) in [4.78, 5) is 20.2. The van der Waals surface area contributed by atoms with Crippen LogP contribution in [0.3, 0.4) is 0 Å². The van der Waals surface area contributed by atoms with Crippen LogP contribution in [0.25, 0.3) is 0 Å². The topological polar surface area (TPSA) is 56.7 Å². The molecule has 126 valence electrons. The number of rotatable bonds is 5. The van der Waals surface area contributed by atoms with Gasteiger partial charge in [0.05, 0.1) is 5.02 Å². The van der Waals surface area contributed by atoms with Gasteiger partial charge in [-0.1, -0.05) is 41.9 Å². The van der Waals surface area contributed by atoms with E-state index in [1.54, 1.807) is 6.20 Å². The predicted molar refractivity (Wildman–Crippen MR) is 92.9 cm³/mol. The monoisotopic (exact) mass is 345 g/mol. The molecule has 3 rings (SSSR count). The van der Waals surface area contributed by atoms with Crippen LogP contribution in [0, 0.1) is 0 Å². The summed E-state index contributed by atoms with van der Waals surface area (Å²) in [6.07, 6.45) is 3.45. The highest BCUT2D eigenvalue weighted by Gasteiger charge is 2.30. The fourth-order valence-electron chi connectivity index (χ4n) is 3.13. The minimum atomic E-state index is -0.798. The third kappa shape index (κ3) is 4.12. The summed E-state index contributed by atoms with van der Waals surface area (Å²) >= 11 is 5.98. The van der Waals surface area contributed by atoms with Crippen LogP contribution >= 0.6 is 11.6 Å². The Balaban J connectivity index is 1.62. The third-order valence-electron chi connectivity index (χ3n) is 4.29. The molecule has 6 heteroatoms. The van der Waals surface area contributed by atoms with Crippen molar-refractivity contribution < 1.29 is 9.90 Å². The molecule has 1 atom stereocenters. The van der Waals surface area contributed by atoms with Crippen molar-refractivity contribution in [2.45, 2.75) is 12.6 Å². The summed E-state index contributed by atoms with van der Waals surface area (Å²) in [5.41, 5.74) is 1.91. The second-order valence-electron chi connectivity index (χ2n) is 5.97. The van der Waals surface area contributed by atoms with Gasteiger partial charge in [0.1, 0.15) is 6.04 Å². The van der Waals surface area contributed by atoms with E-state index in [0.29, 0.717) is 5.02 Å². The van der Waals surface area contributed by atoms with Crippen molar-refractivity contribution in [2.24, 2.45) is 0 Å². The van der Waals surface area contributed by atoms with Gasteiger partial charge < -0.3 is 5.11 Å². The van der Waals surface area contributed by atoms with E-state index < -0.39 is 12.0 Å². The van der Waals surface area contributed by atoms with Gasteiger partial charge >= 0.3 is 5.97 Å². The molecule has 1 N–H and O–H groups in total. The van der Waals surface area contributed by atoms with Crippen molar-refractivity contribution in [2.75, 3.05) is 26.2 Å². The quantitative estimate of drug-likeness (QED) is 0.903. The number of benzene rings is 1. The van der Waals surface area contributed by atoms with Crippen LogP contribution in [0.5, 0.6) is 0 Å². The van der Waals surface area contributed by atoms with Crippen molar-refractivity contribution in [3.63, 3.8) is 0 Å². The molecule has 0 spiro atoms. The van der Waals surface area contributed by atoms with Crippen LogP contribution in [0.1, 0.15) is 17.2 Å². The number of hydrogen-bond donors (Lipinski definition) is 1. The van der Waals surface area contributed by atoms with Crippen LogP contribution in [0.4, 0.5) is 0 Å². The Bertz CT molecular complexity index is 688. The molecule has 1 unspecified atom stereocenters. The lowest BCUT2D eigenvalue weighted by molar-refractivity contribution is -0.144. The second kappa shape index (κ2) is 7.75. The molecule has 0 amide bonds. The van der Waals surface area contributed by atoms with E-state index >= 15 is 0 Å². The Hall–Kier alpha value is -1.95. The van der Waals surface area contributed by atoms with E-state index in [-0.39, 0.29) is 0 Å². The summed E-state index contributed by atoms with van der Waals surface area (Å²) in [6.45, 7) is 3.87. The van der Waals surface area contributed by atoms with Gasteiger partial charge in [0.2, 0.25) is 0 Å². The van der Waals surface area contributed by atoms with Gasteiger partial charge in [-0.15, -0.1) is 0 Å². The molecule has 24 heavy (non-hydrogen) atoms. The summed E-state index contributed by atoms with van der Waals surface area (Å²) in [5.74, 6) is -0.798. The number of carboxylic acids is 1. The van der Waals surface area contributed by atoms with Gasteiger partial charge in [-0.3, -0.25) is 19.6 Å². The molecule has 1 aliphatic heterocycles. The summed E-state index contributed by atoms with van der Waals surface area (Å²) in [6, 6.07) is 10.8. The maximum Gasteiger partial charge on any atom is 0.325 e. The average Bonchev–Trinajstić information content (AvgIpc) is 2.57. The molecule has 1 aromatic heterocycles. The molecule has 0 radical (unpaired) electrons. The summed E-state index contributed by atoms with van der Waals surface area (Å²) in [5, 5.41) is 10.3. The molecular weight excluding hydrogens is 326 g/mol. The molecule has 0 saturated carbocycles. The standard InChI is InChI=1S/C18H20ClN3O2/c19-16-10-14(11-20-12-16)13-21-6-8-22(9-7-21)17(18(23)24)15-4-2-1-3-5-15/h1-5,10-12,17H,6-9,13H2,(H,23,24). The number of hydrogen-bond acceptors (Lipinski definition) is 4. The highest BCUT2D eigenvalue weighted by molar-refractivity contribution is 6.30. The van der Waals surface area contributed by atoms with Crippen molar-refractivity contribution >= 4 is 17.6 Å². The van der Waals surface area contributed by atoms with Crippen molar-refractivity contribution in [1.29, 1.82) is 0 Å². The number of halogens is 1. The molecule has 2 aromatic rings. The fraction of sp³-hybridized carbons (Fsp3) is 0.333. The predicted octanol–water partition coefficient (Wildman–Crippen LogP) is 2.68. The number of pyridine rings is 1. The first-order chi connectivity index (χ1) is 11.6. The number of piperazine rings is 1. The molecule has 0 bridgehead atoms. The molecule has 1 fully saturated rings. The smallest absolute Gasteiger partial charge is 0.325 e. The van der Waals surface area contributed by atoms with Crippen LogP contribution < -0.4 is 0 Å². The average molecular weight is 346 g/mol. The minimum Gasteiger partial charge on any atom is -0.480 e. The first-order valence-corrected chi connectivity index (χ1v) is 8.35. The summed E-state index contributed by atoms with van der Waals surface area (Å²) in [7, 11) is 0. The summed E-state index contributed by atoms with van der Waals surface area (Å²) < 4.78 is 0. The Morgan fingerprint density at radius 1 is 1.17 bits per heavy atom. The number of carbonyl (C=O) groups is 1. The van der Waals surface area contributed by atoms with Gasteiger partial charge in [0, 0.05) is 45.1 Å². The Labute approximate surface area is 146 Å². The molecule has 5 nitrogen and oxygen atoms in total. The molecule has 0 aliphatic carbocycles. The van der Waals surface area contributed by atoms with E-state index in [0.717, 1.165) is 43.9 Å². The van der Waals surface area contributed by atoms with E-state index in [1.807, 2.05) is 47.5 Å². The van der Waals surface area contributed by atoms with E-state index in [4.69, 9.17) is 11.6 Å². The van der Waals surface area contributed by atoms with Crippen LogP contribution in [0.2, 0.25) is 5.02 Å². The number of nitrogens with zero attached hydrogens (tertiary/aromatic N) is 3. The molecule has 1 saturated heterocycles. The lowest BCUT2D eigenvalue weighted by Crippen LogP contribution is -2.48. The molecule has 2 heterocycles.